The summed E-state index contributed by atoms with van der Waals surface area (Å²) in [6, 6.07) is 9.88. The number of amides is 1. The maximum atomic E-state index is 12.3. The predicted molar refractivity (Wildman–Crippen MR) is 93.8 cm³/mol. The number of nitrogens with one attached hydrogen (secondary N) is 1. The first-order valence-electron chi connectivity index (χ1n) is 6.90. The molecule has 0 saturated heterocycles. The Balaban J connectivity index is 1.88. The van der Waals surface area contributed by atoms with Crippen LogP contribution in [0.25, 0.3) is 10.2 Å². The van der Waals surface area contributed by atoms with Crippen LogP contribution in [0.3, 0.4) is 0 Å². The number of non-ortho nitro benzene ring substituents is 1. The first-order chi connectivity index (χ1) is 11.7. The van der Waals surface area contributed by atoms with Crippen molar-refractivity contribution in [3.8, 4) is 0 Å². The van der Waals surface area contributed by atoms with Crippen LogP contribution in [0, 0.1) is 10.1 Å². The monoisotopic (exact) mass is 377 g/mol. The van der Waals surface area contributed by atoms with Crippen LogP contribution in [0.5, 0.6) is 0 Å². The Morgan fingerprint density at radius 1 is 1.24 bits per heavy atom. The summed E-state index contributed by atoms with van der Waals surface area (Å²) in [5.41, 5.74) is 0.638. The lowest BCUT2D eigenvalue weighted by Crippen LogP contribution is -2.12. The van der Waals surface area contributed by atoms with Crippen molar-refractivity contribution in [2.75, 3.05) is 11.6 Å². The number of carbonyl (C=O) groups excluding carboxylic acids is 1. The lowest BCUT2D eigenvalue weighted by Gasteiger charge is -2.03. The van der Waals surface area contributed by atoms with Crippen molar-refractivity contribution in [3.05, 3.63) is 58.1 Å². The molecule has 1 heterocycles. The minimum atomic E-state index is -3.42. The molecule has 0 aliphatic carbocycles. The van der Waals surface area contributed by atoms with Crippen molar-refractivity contribution in [1.82, 2.24) is 4.98 Å². The molecule has 3 aromatic rings. The second-order valence-corrected chi connectivity index (χ2v) is 8.23. The van der Waals surface area contributed by atoms with E-state index in [9.17, 15) is 23.3 Å². The van der Waals surface area contributed by atoms with Crippen molar-refractivity contribution in [2.24, 2.45) is 0 Å². The van der Waals surface area contributed by atoms with Crippen molar-refractivity contribution in [3.63, 3.8) is 0 Å². The average Bonchev–Trinajstić information content (AvgIpc) is 2.95. The number of thiazole rings is 1. The van der Waals surface area contributed by atoms with E-state index in [0.29, 0.717) is 10.2 Å². The number of hydrogen-bond donors (Lipinski definition) is 1. The number of carbonyl (C=O) groups is 1. The topological polar surface area (TPSA) is 119 Å². The molecule has 0 fully saturated rings. The molecule has 0 unspecified atom stereocenters. The molecule has 0 aliphatic heterocycles. The molecule has 0 atom stereocenters. The van der Waals surface area contributed by atoms with Gasteiger partial charge in [-0.05, 0) is 24.3 Å². The van der Waals surface area contributed by atoms with Gasteiger partial charge in [0.25, 0.3) is 11.6 Å². The van der Waals surface area contributed by atoms with Crippen LogP contribution in [0.4, 0.5) is 10.8 Å². The first kappa shape index (κ1) is 17.0. The number of fused-ring (bicyclic) bond motifs is 1. The van der Waals surface area contributed by atoms with Gasteiger partial charge >= 0.3 is 0 Å². The number of nitro benzene ring substituents is 1. The summed E-state index contributed by atoms with van der Waals surface area (Å²) in [7, 11) is -3.42. The molecule has 0 spiro atoms. The van der Waals surface area contributed by atoms with E-state index in [-0.39, 0.29) is 21.3 Å². The van der Waals surface area contributed by atoms with E-state index in [1.807, 2.05) is 0 Å². The van der Waals surface area contributed by atoms with E-state index in [0.717, 1.165) is 17.6 Å². The van der Waals surface area contributed by atoms with Gasteiger partial charge in [-0.2, -0.15) is 0 Å². The number of anilines is 1. The Hall–Kier alpha value is -2.85. The molecule has 3 rings (SSSR count). The SMILES string of the molecule is CS(=O)(=O)c1cccc(C(=O)Nc2nc3ccc([N+](=O)[O-])cc3s2)c1. The summed E-state index contributed by atoms with van der Waals surface area (Å²) in [5.74, 6) is -0.515. The Bertz CT molecular complexity index is 1110. The largest absolute Gasteiger partial charge is 0.298 e. The third-order valence-corrected chi connectivity index (χ3v) is 5.37. The number of benzene rings is 2. The standard InChI is InChI=1S/C15H11N3O5S2/c1-25(22,23)11-4-2-3-9(7-11)14(19)17-15-16-12-6-5-10(18(20)21)8-13(12)24-15/h2-8H,1H3,(H,16,17,19). The Kier molecular flexibility index (Phi) is 4.23. The second-order valence-electron chi connectivity index (χ2n) is 5.18. The van der Waals surface area contributed by atoms with Gasteiger partial charge in [-0.1, -0.05) is 17.4 Å². The van der Waals surface area contributed by atoms with Crippen LogP contribution >= 0.6 is 11.3 Å². The smallest absolute Gasteiger partial charge is 0.270 e. The fourth-order valence-electron chi connectivity index (χ4n) is 2.12. The van der Waals surface area contributed by atoms with E-state index >= 15 is 0 Å². The van der Waals surface area contributed by atoms with Gasteiger partial charge in [-0.15, -0.1) is 0 Å². The minimum absolute atomic E-state index is 0.0417. The van der Waals surface area contributed by atoms with Crippen molar-refractivity contribution < 1.29 is 18.1 Å². The summed E-state index contributed by atoms with van der Waals surface area (Å²) in [6.07, 6.45) is 1.06. The highest BCUT2D eigenvalue weighted by molar-refractivity contribution is 7.90. The quantitative estimate of drug-likeness (QED) is 0.551. The number of nitrogens with zero attached hydrogens (tertiary/aromatic N) is 2. The van der Waals surface area contributed by atoms with Gasteiger partial charge in [0.05, 0.1) is 20.0 Å². The molecular formula is C15H11N3O5S2. The lowest BCUT2D eigenvalue weighted by atomic mass is 10.2. The molecule has 0 radical (unpaired) electrons. The van der Waals surface area contributed by atoms with Gasteiger partial charge in [-0.3, -0.25) is 20.2 Å². The highest BCUT2D eigenvalue weighted by Gasteiger charge is 2.15. The van der Waals surface area contributed by atoms with Gasteiger partial charge in [0.15, 0.2) is 15.0 Å². The molecule has 0 bridgehead atoms. The Labute approximate surface area is 146 Å². The van der Waals surface area contributed by atoms with Crippen LogP contribution in [-0.2, 0) is 9.84 Å². The number of sulfone groups is 1. The summed E-state index contributed by atoms with van der Waals surface area (Å²) in [5, 5.41) is 13.6. The van der Waals surface area contributed by atoms with Gasteiger partial charge in [-0.25, -0.2) is 13.4 Å². The van der Waals surface area contributed by atoms with E-state index < -0.39 is 20.7 Å². The van der Waals surface area contributed by atoms with Gasteiger partial charge in [0, 0.05) is 24.0 Å². The van der Waals surface area contributed by atoms with E-state index in [4.69, 9.17) is 0 Å². The summed E-state index contributed by atoms with van der Waals surface area (Å²) in [6.45, 7) is 0. The minimum Gasteiger partial charge on any atom is -0.298 e. The molecule has 0 saturated carbocycles. The Morgan fingerprint density at radius 2 is 2.00 bits per heavy atom. The van der Waals surface area contributed by atoms with Crippen molar-refractivity contribution in [2.45, 2.75) is 4.90 Å². The van der Waals surface area contributed by atoms with Crippen LogP contribution in [0.15, 0.2) is 47.4 Å². The molecule has 2 aromatic carbocycles. The number of aromatic nitrogens is 1. The van der Waals surface area contributed by atoms with E-state index in [1.165, 1.54) is 42.5 Å². The second kappa shape index (κ2) is 6.22. The van der Waals surface area contributed by atoms with Crippen LogP contribution < -0.4 is 5.32 Å². The third-order valence-electron chi connectivity index (χ3n) is 3.33. The molecule has 128 valence electrons. The molecule has 8 nitrogen and oxygen atoms in total. The predicted octanol–water partition coefficient (Wildman–Crippen LogP) is 2.86. The highest BCUT2D eigenvalue weighted by Crippen LogP contribution is 2.29. The average molecular weight is 377 g/mol. The van der Waals surface area contributed by atoms with E-state index in [2.05, 4.69) is 10.3 Å². The fraction of sp³-hybridized carbons (Fsp3) is 0.0667. The molecular weight excluding hydrogens is 366 g/mol. The molecule has 1 N–H and O–H groups in total. The maximum absolute atomic E-state index is 12.3. The van der Waals surface area contributed by atoms with Gasteiger partial charge in [0.2, 0.25) is 0 Å². The van der Waals surface area contributed by atoms with Crippen LogP contribution in [0.1, 0.15) is 10.4 Å². The maximum Gasteiger partial charge on any atom is 0.270 e. The van der Waals surface area contributed by atoms with Gasteiger partial charge in [0.1, 0.15) is 0 Å². The summed E-state index contributed by atoms with van der Waals surface area (Å²) in [4.78, 5) is 26.8. The first-order valence-corrected chi connectivity index (χ1v) is 9.61. The highest BCUT2D eigenvalue weighted by atomic mass is 32.2. The number of nitro groups is 1. The molecule has 0 aliphatic rings. The summed E-state index contributed by atoms with van der Waals surface area (Å²) >= 11 is 1.10. The van der Waals surface area contributed by atoms with Crippen molar-refractivity contribution >= 4 is 48.1 Å². The zero-order valence-electron chi connectivity index (χ0n) is 12.8. The molecule has 10 heteroatoms. The zero-order valence-corrected chi connectivity index (χ0v) is 14.4. The molecule has 1 aromatic heterocycles. The fourth-order valence-corrected chi connectivity index (χ4v) is 3.68. The molecule has 1 amide bonds. The van der Waals surface area contributed by atoms with Crippen LogP contribution in [0.2, 0.25) is 0 Å². The van der Waals surface area contributed by atoms with Crippen LogP contribution in [-0.4, -0.2) is 30.5 Å². The Morgan fingerprint density at radius 3 is 2.68 bits per heavy atom. The van der Waals surface area contributed by atoms with Crippen molar-refractivity contribution in [1.29, 1.82) is 0 Å². The number of hydrogen-bond acceptors (Lipinski definition) is 7. The lowest BCUT2D eigenvalue weighted by molar-refractivity contribution is -0.384. The zero-order chi connectivity index (χ0) is 18.2. The third kappa shape index (κ3) is 3.64. The van der Waals surface area contributed by atoms with Gasteiger partial charge < -0.3 is 0 Å². The normalized spacial score (nSPS) is 11.4. The molecule has 25 heavy (non-hydrogen) atoms. The summed E-state index contributed by atoms with van der Waals surface area (Å²) < 4.78 is 23.7. The van der Waals surface area contributed by atoms with E-state index in [1.54, 1.807) is 0 Å². The number of rotatable bonds is 4.